The minimum atomic E-state index is 1.27. The molecule has 0 aromatic heterocycles. The van der Waals surface area contributed by atoms with Gasteiger partial charge >= 0.3 is 74.5 Å². The zero-order valence-electron chi connectivity index (χ0n) is 6.48. The van der Waals surface area contributed by atoms with Gasteiger partial charge in [0, 0.05) is 0 Å². The Morgan fingerprint density at radius 3 is 2.44 bits per heavy atom. The van der Waals surface area contributed by atoms with Crippen molar-refractivity contribution in [3.63, 3.8) is 0 Å². The van der Waals surface area contributed by atoms with Crippen molar-refractivity contribution in [1.29, 1.82) is 0 Å². The average molecular weight is 321 g/mol. The molecule has 0 aromatic rings. The average Bonchev–Trinajstić information content (AvgIpc) is 1.85. The van der Waals surface area contributed by atoms with Crippen molar-refractivity contribution in [2.45, 2.75) is 23.7 Å². The summed E-state index contributed by atoms with van der Waals surface area (Å²) in [5, 5.41) is 0. The maximum atomic E-state index is 2.41. The summed E-state index contributed by atoms with van der Waals surface area (Å²) in [6.45, 7) is 4.80. The van der Waals surface area contributed by atoms with E-state index >= 15 is 0 Å². The van der Waals surface area contributed by atoms with Crippen molar-refractivity contribution in [3.8, 4) is 0 Å². The van der Waals surface area contributed by atoms with Crippen LogP contribution in [0.1, 0.15) is 19.8 Å². The minimum absolute atomic E-state index is 1.27. The molecule has 0 atom stereocenters. The number of nitrogens with zero attached hydrogens (tertiary/aromatic N) is 1. The summed E-state index contributed by atoms with van der Waals surface area (Å²) in [5.74, 6) is 0. The van der Waals surface area contributed by atoms with Gasteiger partial charge in [-0.25, -0.2) is 0 Å². The van der Waals surface area contributed by atoms with E-state index in [9.17, 15) is 0 Å². The fourth-order valence-electron chi connectivity index (χ4n) is 0.842. The van der Waals surface area contributed by atoms with Gasteiger partial charge in [0.1, 0.15) is 0 Å². The Morgan fingerprint density at radius 2 is 2.00 bits per heavy atom. The topological polar surface area (TPSA) is 3.24 Å². The van der Waals surface area contributed by atoms with Crippen LogP contribution >= 0.6 is 0 Å². The molecule has 0 heterocycles. The molecular weight excluding hydrogens is 305 g/mol. The van der Waals surface area contributed by atoms with Gasteiger partial charge in [-0.15, -0.1) is 0 Å². The van der Waals surface area contributed by atoms with E-state index in [0.29, 0.717) is 0 Å². The Balaban J connectivity index is 2.95. The third-order valence-corrected chi connectivity index (χ3v) is 2.70. The fourth-order valence-corrected chi connectivity index (χ4v) is 1.46. The first-order valence-electron chi connectivity index (χ1n) is 3.64. The number of hydrogen-bond donors (Lipinski definition) is 0. The summed E-state index contributed by atoms with van der Waals surface area (Å²) < 4.78 is 1.45. The fraction of sp³-hybridized carbons (Fsp3) is 1.00. The van der Waals surface area contributed by atoms with E-state index in [-0.39, 0.29) is 0 Å². The van der Waals surface area contributed by atoms with Crippen molar-refractivity contribution < 1.29 is 0 Å². The van der Waals surface area contributed by atoms with Crippen LogP contribution in [0.25, 0.3) is 0 Å². The van der Waals surface area contributed by atoms with Crippen LogP contribution < -0.4 is 0 Å². The molecule has 0 rings (SSSR count). The van der Waals surface area contributed by atoms with E-state index in [1.54, 1.807) is 0 Å². The molecule has 0 aliphatic heterocycles. The molecule has 0 aromatic carbocycles. The first kappa shape index (κ1) is 9.88. The van der Waals surface area contributed by atoms with Gasteiger partial charge < -0.3 is 0 Å². The summed E-state index contributed by atoms with van der Waals surface area (Å²) in [6.07, 6.45) is 2.69. The Labute approximate surface area is 74.5 Å². The van der Waals surface area contributed by atoms with Crippen molar-refractivity contribution in [3.05, 3.63) is 0 Å². The monoisotopic (exact) mass is 322 g/mol. The molecule has 0 saturated carbocycles. The molecule has 3 radical (unpaired) electrons. The second-order valence-electron chi connectivity index (χ2n) is 2.41. The van der Waals surface area contributed by atoms with Gasteiger partial charge in [0.05, 0.1) is 0 Å². The van der Waals surface area contributed by atoms with E-state index in [1.165, 1.54) is 55.7 Å². The number of rotatable bonds is 5. The molecule has 9 heavy (non-hydrogen) atoms. The van der Waals surface area contributed by atoms with E-state index in [0.717, 1.165) is 0 Å². The Morgan fingerprint density at radius 1 is 1.33 bits per heavy atom. The summed E-state index contributed by atoms with van der Waals surface area (Å²) >= 11 is 1.37. The second kappa shape index (κ2) is 6.99. The standard InChI is InChI=1S/C7H16N.Pb/c1-4-6-8(3)7-5-2;/h1,4-7H2,2-3H3;. The van der Waals surface area contributed by atoms with Crippen molar-refractivity contribution in [1.82, 2.24) is 4.90 Å². The molecule has 0 bridgehead atoms. The molecule has 0 amide bonds. The zero-order chi connectivity index (χ0) is 7.11. The molecule has 0 saturated heterocycles. The van der Waals surface area contributed by atoms with Crippen LogP contribution in [0.15, 0.2) is 0 Å². The van der Waals surface area contributed by atoms with Crippen molar-refractivity contribution >= 4 is 25.8 Å². The Bertz CT molecular complexity index is 56.9. The van der Waals surface area contributed by atoms with E-state index in [2.05, 4.69) is 18.9 Å². The SMILES string of the molecule is CCCN(C)CC[CH2][Pb]. The third-order valence-electron chi connectivity index (χ3n) is 1.32. The van der Waals surface area contributed by atoms with E-state index in [4.69, 9.17) is 0 Å². The predicted octanol–water partition coefficient (Wildman–Crippen LogP) is 1.31. The summed E-state index contributed by atoms with van der Waals surface area (Å²) in [4.78, 5) is 2.41. The van der Waals surface area contributed by atoms with Gasteiger partial charge in [0.2, 0.25) is 0 Å². The van der Waals surface area contributed by atoms with Gasteiger partial charge in [0.25, 0.3) is 0 Å². The molecule has 53 valence electrons. The van der Waals surface area contributed by atoms with Gasteiger partial charge in [-0.1, -0.05) is 0 Å². The first-order valence-corrected chi connectivity index (χ1v) is 6.39. The molecular formula is C7H16NPb. The second-order valence-corrected chi connectivity index (χ2v) is 4.35. The predicted molar refractivity (Wildman–Crippen MR) is 43.0 cm³/mol. The van der Waals surface area contributed by atoms with Gasteiger partial charge in [-0.05, 0) is 0 Å². The molecule has 0 aliphatic carbocycles. The van der Waals surface area contributed by atoms with Crippen LogP contribution in [-0.2, 0) is 0 Å². The van der Waals surface area contributed by atoms with E-state index < -0.39 is 0 Å². The first-order chi connectivity index (χ1) is 4.31. The van der Waals surface area contributed by atoms with Crippen LogP contribution in [0.5, 0.6) is 0 Å². The van der Waals surface area contributed by atoms with Crippen LogP contribution in [0.3, 0.4) is 0 Å². The van der Waals surface area contributed by atoms with Crippen molar-refractivity contribution in [2.75, 3.05) is 20.1 Å². The third kappa shape index (κ3) is 6.77. The van der Waals surface area contributed by atoms with Crippen LogP contribution in [-0.4, -0.2) is 50.8 Å². The van der Waals surface area contributed by atoms with E-state index in [1.807, 2.05) is 0 Å². The van der Waals surface area contributed by atoms with Crippen molar-refractivity contribution in [2.24, 2.45) is 0 Å². The quantitative estimate of drug-likeness (QED) is 0.690. The van der Waals surface area contributed by atoms with Gasteiger partial charge in [-0.2, -0.15) is 0 Å². The summed E-state index contributed by atoms with van der Waals surface area (Å²) in [5.41, 5.74) is 0. The molecule has 0 spiro atoms. The summed E-state index contributed by atoms with van der Waals surface area (Å²) in [6, 6.07) is 0. The Kier molecular flexibility index (Phi) is 7.68. The maximum absolute atomic E-state index is 2.41. The molecule has 0 N–H and O–H groups in total. The van der Waals surface area contributed by atoms with Gasteiger partial charge in [0.15, 0.2) is 0 Å². The van der Waals surface area contributed by atoms with Crippen LogP contribution in [0.4, 0.5) is 0 Å². The molecule has 0 unspecified atom stereocenters. The molecule has 0 fully saturated rings. The van der Waals surface area contributed by atoms with Crippen LogP contribution in [0.2, 0.25) is 3.98 Å². The zero-order valence-corrected chi connectivity index (χ0v) is 10.4. The molecule has 0 aliphatic rings. The molecule has 1 nitrogen and oxygen atoms in total. The summed E-state index contributed by atoms with van der Waals surface area (Å²) in [7, 11) is 2.21. The van der Waals surface area contributed by atoms with Crippen LogP contribution in [0, 0.1) is 0 Å². The number of hydrogen-bond acceptors (Lipinski definition) is 1. The normalized spacial score (nSPS) is 10.7. The molecule has 2 heteroatoms. The Hall–Kier alpha value is 0.882. The van der Waals surface area contributed by atoms with Gasteiger partial charge in [-0.3, -0.25) is 0 Å².